The van der Waals surface area contributed by atoms with Crippen molar-refractivity contribution in [1.29, 1.82) is 0 Å². The van der Waals surface area contributed by atoms with E-state index in [1.807, 2.05) is 18.2 Å². The van der Waals surface area contributed by atoms with Crippen LogP contribution in [0, 0.1) is 16.0 Å². The van der Waals surface area contributed by atoms with Gasteiger partial charge in [0.2, 0.25) is 0 Å². The van der Waals surface area contributed by atoms with Gasteiger partial charge in [0, 0.05) is 23.4 Å². The van der Waals surface area contributed by atoms with Gasteiger partial charge in [-0.2, -0.15) is 0 Å². The van der Waals surface area contributed by atoms with Gasteiger partial charge in [0.1, 0.15) is 0 Å². The van der Waals surface area contributed by atoms with Crippen molar-refractivity contribution in [2.75, 3.05) is 17.1 Å². The van der Waals surface area contributed by atoms with Crippen molar-refractivity contribution in [3.63, 3.8) is 0 Å². The molecule has 190 valence electrons. The number of benzene rings is 3. The number of nitro groups is 1. The Hall–Kier alpha value is -4.38. The fourth-order valence-corrected chi connectivity index (χ4v) is 6.10. The predicted octanol–water partition coefficient (Wildman–Crippen LogP) is 4.93. The summed E-state index contributed by atoms with van der Waals surface area (Å²) >= 11 is 0. The number of allylic oxidation sites excluding steroid dienone is 2. The number of nitrogens with one attached hydrogen (secondary N) is 2. The Morgan fingerprint density at radius 2 is 1.89 bits per heavy atom. The highest BCUT2D eigenvalue weighted by Gasteiger charge is 2.39. The van der Waals surface area contributed by atoms with Gasteiger partial charge in [-0.3, -0.25) is 14.8 Å². The molecule has 0 amide bonds. The average Bonchev–Trinajstić information content (AvgIpc) is 3.38. The summed E-state index contributed by atoms with van der Waals surface area (Å²) in [4.78, 5) is 22.2. The summed E-state index contributed by atoms with van der Waals surface area (Å²) in [6.45, 7) is 0. The van der Waals surface area contributed by atoms with Crippen LogP contribution in [-0.2, 0) is 10.0 Å². The van der Waals surface area contributed by atoms with Crippen LogP contribution in [0.3, 0.4) is 0 Å². The molecular weight excluding hydrogens is 498 g/mol. The second-order valence-electron chi connectivity index (χ2n) is 8.90. The summed E-state index contributed by atoms with van der Waals surface area (Å²) in [6.07, 6.45) is 4.82. The molecule has 0 bridgehead atoms. The molecule has 3 aromatic rings. The third kappa shape index (κ3) is 4.49. The van der Waals surface area contributed by atoms with Gasteiger partial charge < -0.3 is 15.2 Å². The number of rotatable bonds is 7. The zero-order chi connectivity index (χ0) is 26.3. The lowest BCUT2D eigenvalue weighted by Crippen LogP contribution is -2.29. The van der Waals surface area contributed by atoms with Crippen LogP contribution >= 0.6 is 0 Å². The van der Waals surface area contributed by atoms with Crippen LogP contribution in [0.4, 0.5) is 17.1 Å². The van der Waals surface area contributed by atoms with Crippen molar-refractivity contribution in [3.05, 3.63) is 99.6 Å². The number of hydrogen-bond donors (Lipinski definition) is 3. The summed E-state index contributed by atoms with van der Waals surface area (Å²) in [5.41, 5.74) is 2.52. The van der Waals surface area contributed by atoms with E-state index in [1.54, 1.807) is 18.2 Å². The first-order valence-corrected chi connectivity index (χ1v) is 12.9. The summed E-state index contributed by atoms with van der Waals surface area (Å²) < 4.78 is 33.8. The normalized spacial score (nSPS) is 19.9. The van der Waals surface area contributed by atoms with Crippen molar-refractivity contribution in [3.8, 4) is 5.75 Å². The lowest BCUT2D eigenvalue weighted by Gasteiger charge is -2.37. The summed E-state index contributed by atoms with van der Waals surface area (Å²) in [6, 6.07) is 15.0. The number of nitrogens with zero attached hydrogens (tertiary/aromatic N) is 1. The van der Waals surface area contributed by atoms with Gasteiger partial charge in [-0.1, -0.05) is 18.2 Å². The van der Waals surface area contributed by atoms with Crippen LogP contribution < -0.4 is 14.8 Å². The van der Waals surface area contributed by atoms with Crippen LogP contribution in [0.1, 0.15) is 39.9 Å². The van der Waals surface area contributed by atoms with Gasteiger partial charge in [-0.15, -0.1) is 0 Å². The zero-order valence-electron chi connectivity index (χ0n) is 19.6. The largest absolute Gasteiger partial charge is 0.490 e. The first-order chi connectivity index (χ1) is 17.7. The van der Waals surface area contributed by atoms with E-state index in [9.17, 15) is 23.3 Å². The molecule has 1 aliphatic heterocycles. The van der Waals surface area contributed by atoms with Crippen LogP contribution in [-0.4, -0.2) is 31.5 Å². The Morgan fingerprint density at radius 1 is 1.14 bits per heavy atom. The van der Waals surface area contributed by atoms with E-state index in [0.717, 1.165) is 23.2 Å². The Kier molecular flexibility index (Phi) is 6.08. The maximum atomic E-state index is 13.1. The number of carboxylic acid groups (broad SMARTS) is 1. The lowest BCUT2D eigenvalue weighted by molar-refractivity contribution is -0.385. The number of anilines is 2. The number of nitro benzene ring substituents is 1. The first kappa shape index (κ1) is 24.3. The Labute approximate surface area is 212 Å². The second-order valence-corrected chi connectivity index (χ2v) is 10.6. The van der Waals surface area contributed by atoms with Gasteiger partial charge >= 0.3 is 11.7 Å². The van der Waals surface area contributed by atoms with E-state index in [4.69, 9.17) is 9.84 Å². The quantitative estimate of drug-likeness (QED) is 0.225. The van der Waals surface area contributed by atoms with Crippen molar-refractivity contribution < 1.29 is 28.0 Å². The Morgan fingerprint density at radius 3 is 2.57 bits per heavy atom. The molecule has 10 nitrogen and oxygen atoms in total. The number of hydrogen-bond acceptors (Lipinski definition) is 7. The fraction of sp³-hybridized carbons (Fsp3) is 0.192. The van der Waals surface area contributed by atoms with E-state index in [-0.39, 0.29) is 45.5 Å². The molecule has 0 saturated heterocycles. The third-order valence-electron chi connectivity index (χ3n) is 6.79. The minimum absolute atomic E-state index is 0.0370. The molecule has 1 aliphatic carbocycles. The number of carbonyl (C=O) groups is 1. The smallest absolute Gasteiger partial charge is 0.335 e. The topological polar surface area (TPSA) is 148 Å². The highest BCUT2D eigenvalue weighted by molar-refractivity contribution is 7.92. The number of aromatic carboxylic acids is 1. The van der Waals surface area contributed by atoms with E-state index in [1.165, 1.54) is 43.5 Å². The minimum Gasteiger partial charge on any atom is -0.490 e. The number of methoxy groups -OCH3 is 1. The summed E-state index contributed by atoms with van der Waals surface area (Å²) in [5, 5.41) is 24.1. The molecular formula is C26H23N3O7S. The standard InChI is InChI=1S/C26H23N3O7S/c1-36-24-12-7-16(13-23(24)29(32)33)25-20-4-2-3-19(20)21-14-18(10-11-22(21)27-25)37(34,35)28-17-8-5-15(6-9-17)26(30)31/h2-3,5-14,19-20,25,27-28H,4H2,1H3,(H,30,31)/t19?,20?,25-/m1/s1. The van der Waals surface area contributed by atoms with E-state index in [2.05, 4.69) is 10.0 Å². The molecule has 1 heterocycles. The van der Waals surface area contributed by atoms with Crippen LogP contribution in [0.25, 0.3) is 0 Å². The molecule has 2 aliphatic rings. The molecule has 3 N–H and O–H groups in total. The highest BCUT2D eigenvalue weighted by Crippen LogP contribution is 2.51. The minimum atomic E-state index is -3.94. The van der Waals surface area contributed by atoms with Crippen molar-refractivity contribution in [1.82, 2.24) is 0 Å². The Balaban J connectivity index is 1.46. The van der Waals surface area contributed by atoms with Crippen molar-refractivity contribution >= 4 is 33.1 Å². The Bertz CT molecular complexity index is 1530. The molecule has 0 fully saturated rings. The molecule has 37 heavy (non-hydrogen) atoms. The summed E-state index contributed by atoms with van der Waals surface area (Å²) in [7, 11) is -2.55. The van der Waals surface area contributed by atoms with Gasteiger partial charge in [-0.05, 0) is 72.0 Å². The zero-order valence-corrected chi connectivity index (χ0v) is 20.4. The maximum absolute atomic E-state index is 13.1. The number of ether oxygens (including phenoxy) is 1. The highest BCUT2D eigenvalue weighted by atomic mass is 32.2. The third-order valence-corrected chi connectivity index (χ3v) is 8.17. The van der Waals surface area contributed by atoms with Crippen molar-refractivity contribution in [2.24, 2.45) is 5.92 Å². The number of fused-ring (bicyclic) bond motifs is 3. The molecule has 5 rings (SSSR count). The first-order valence-electron chi connectivity index (χ1n) is 11.4. The molecule has 11 heteroatoms. The van der Waals surface area contributed by atoms with Gasteiger partial charge in [-0.25, -0.2) is 13.2 Å². The summed E-state index contributed by atoms with van der Waals surface area (Å²) in [5.74, 6) is -0.952. The predicted molar refractivity (Wildman–Crippen MR) is 137 cm³/mol. The average molecular weight is 522 g/mol. The van der Waals surface area contributed by atoms with Crippen LogP contribution in [0.5, 0.6) is 5.75 Å². The number of sulfonamides is 1. The van der Waals surface area contributed by atoms with Gasteiger partial charge in [0.25, 0.3) is 10.0 Å². The van der Waals surface area contributed by atoms with Crippen molar-refractivity contribution in [2.45, 2.75) is 23.3 Å². The fourth-order valence-electron chi connectivity index (χ4n) is 5.01. The maximum Gasteiger partial charge on any atom is 0.335 e. The van der Waals surface area contributed by atoms with E-state index in [0.29, 0.717) is 0 Å². The van der Waals surface area contributed by atoms with Crippen LogP contribution in [0.15, 0.2) is 77.7 Å². The van der Waals surface area contributed by atoms with Gasteiger partial charge in [0.15, 0.2) is 5.75 Å². The molecule has 3 atom stereocenters. The van der Waals surface area contributed by atoms with E-state index < -0.39 is 20.9 Å². The monoisotopic (exact) mass is 521 g/mol. The van der Waals surface area contributed by atoms with E-state index >= 15 is 0 Å². The second kappa shape index (κ2) is 9.25. The SMILES string of the molecule is COc1ccc([C@H]2Nc3ccc(S(=O)(=O)Nc4ccc(C(=O)O)cc4)cc3C3C=CCC32)cc1[N+](=O)[O-]. The molecule has 0 saturated carbocycles. The molecule has 3 aromatic carbocycles. The van der Waals surface area contributed by atoms with Crippen LogP contribution in [0.2, 0.25) is 0 Å². The molecule has 0 spiro atoms. The van der Waals surface area contributed by atoms with Gasteiger partial charge in [0.05, 0.1) is 28.5 Å². The molecule has 2 unspecified atom stereocenters. The number of carboxylic acids is 1. The molecule has 0 aromatic heterocycles. The lowest BCUT2D eigenvalue weighted by atomic mass is 9.77. The molecule has 0 radical (unpaired) electrons.